The summed E-state index contributed by atoms with van der Waals surface area (Å²) in [5.74, 6) is 3.11. The van der Waals surface area contributed by atoms with Crippen LogP contribution in [0.25, 0.3) is 0 Å². The number of pyridine rings is 1. The Hall–Kier alpha value is -1.09. The van der Waals surface area contributed by atoms with Gasteiger partial charge >= 0.3 is 0 Å². The quantitative estimate of drug-likeness (QED) is 0.788. The molecule has 3 heteroatoms. The van der Waals surface area contributed by atoms with Crippen molar-refractivity contribution in [2.75, 3.05) is 18.0 Å². The number of hydrogen-bond donors (Lipinski definition) is 1. The molecule has 0 atom stereocenters. The maximum absolute atomic E-state index is 4.72. The molecule has 3 aliphatic rings. The molecule has 20 heavy (non-hydrogen) atoms. The van der Waals surface area contributed by atoms with Crippen molar-refractivity contribution in [2.24, 2.45) is 11.8 Å². The Kier molecular flexibility index (Phi) is 3.39. The summed E-state index contributed by atoms with van der Waals surface area (Å²) in [4.78, 5) is 7.31. The van der Waals surface area contributed by atoms with Crippen LogP contribution in [0.15, 0.2) is 18.3 Å². The zero-order valence-corrected chi connectivity index (χ0v) is 12.2. The summed E-state index contributed by atoms with van der Waals surface area (Å²) in [7, 11) is 0. The lowest BCUT2D eigenvalue weighted by molar-refractivity contribution is 0.650. The van der Waals surface area contributed by atoms with E-state index in [9.17, 15) is 0 Å². The normalized spacial score (nSPS) is 22.0. The molecule has 0 unspecified atom stereocenters. The fourth-order valence-electron chi connectivity index (χ4n) is 2.87. The van der Waals surface area contributed by atoms with E-state index in [-0.39, 0.29) is 0 Å². The molecule has 3 nitrogen and oxygen atoms in total. The van der Waals surface area contributed by atoms with Crippen LogP contribution in [0, 0.1) is 11.8 Å². The smallest absolute Gasteiger partial charge is 0.133 e. The molecule has 1 heterocycles. The van der Waals surface area contributed by atoms with Crippen molar-refractivity contribution >= 4 is 5.82 Å². The first-order chi connectivity index (χ1) is 9.88. The van der Waals surface area contributed by atoms with Gasteiger partial charge in [-0.1, -0.05) is 6.07 Å². The summed E-state index contributed by atoms with van der Waals surface area (Å²) in [5, 5.41) is 3.64. The van der Waals surface area contributed by atoms with E-state index in [0.29, 0.717) is 0 Å². The van der Waals surface area contributed by atoms with E-state index in [1.165, 1.54) is 63.0 Å². The molecule has 0 amide bonds. The van der Waals surface area contributed by atoms with Gasteiger partial charge in [0.05, 0.1) is 0 Å². The number of nitrogens with one attached hydrogen (secondary N) is 1. The highest BCUT2D eigenvalue weighted by molar-refractivity contribution is 5.47. The zero-order valence-electron chi connectivity index (χ0n) is 12.2. The SMILES string of the molecule is c1cnc(N(CC2CC2)CC2CC2)c(CNC2CC2)c1. The molecule has 108 valence electrons. The van der Waals surface area contributed by atoms with Gasteiger partial charge in [-0.2, -0.15) is 0 Å². The van der Waals surface area contributed by atoms with E-state index in [4.69, 9.17) is 4.98 Å². The average molecular weight is 271 g/mol. The molecule has 0 radical (unpaired) electrons. The second-order valence-electron chi connectivity index (χ2n) is 6.93. The Morgan fingerprint density at radius 3 is 2.35 bits per heavy atom. The second kappa shape index (κ2) is 5.36. The maximum Gasteiger partial charge on any atom is 0.133 e. The molecule has 1 aromatic heterocycles. The molecular weight excluding hydrogens is 246 g/mol. The molecule has 1 aromatic rings. The Balaban J connectivity index is 1.49. The van der Waals surface area contributed by atoms with Gasteiger partial charge in [-0.15, -0.1) is 0 Å². The van der Waals surface area contributed by atoms with Crippen LogP contribution in [0.2, 0.25) is 0 Å². The molecule has 4 rings (SSSR count). The van der Waals surface area contributed by atoms with Gasteiger partial charge in [0.1, 0.15) is 5.82 Å². The third-order valence-corrected chi connectivity index (χ3v) is 4.68. The van der Waals surface area contributed by atoms with Crippen LogP contribution < -0.4 is 10.2 Å². The van der Waals surface area contributed by atoms with Crippen molar-refractivity contribution in [1.29, 1.82) is 0 Å². The second-order valence-corrected chi connectivity index (χ2v) is 6.93. The molecule has 0 spiro atoms. The van der Waals surface area contributed by atoms with Crippen molar-refractivity contribution in [2.45, 2.75) is 51.1 Å². The largest absolute Gasteiger partial charge is 0.356 e. The molecule has 0 aliphatic heterocycles. The summed E-state index contributed by atoms with van der Waals surface area (Å²) in [5.41, 5.74) is 1.39. The third kappa shape index (κ3) is 3.32. The lowest BCUT2D eigenvalue weighted by atomic mass is 10.2. The predicted molar refractivity (Wildman–Crippen MR) is 81.8 cm³/mol. The summed E-state index contributed by atoms with van der Waals surface area (Å²) in [6.07, 6.45) is 10.3. The van der Waals surface area contributed by atoms with Crippen LogP contribution in [0.3, 0.4) is 0 Å². The van der Waals surface area contributed by atoms with E-state index < -0.39 is 0 Å². The van der Waals surface area contributed by atoms with E-state index in [2.05, 4.69) is 22.3 Å². The fraction of sp³-hybridized carbons (Fsp3) is 0.706. The molecule has 3 saturated carbocycles. The maximum atomic E-state index is 4.72. The van der Waals surface area contributed by atoms with Crippen molar-refractivity contribution in [3.8, 4) is 0 Å². The van der Waals surface area contributed by atoms with Gasteiger partial charge in [0.2, 0.25) is 0 Å². The van der Waals surface area contributed by atoms with Crippen molar-refractivity contribution in [3.63, 3.8) is 0 Å². The van der Waals surface area contributed by atoms with E-state index in [1.807, 2.05) is 6.20 Å². The number of aromatic nitrogens is 1. The minimum absolute atomic E-state index is 0.767. The topological polar surface area (TPSA) is 28.2 Å². The van der Waals surface area contributed by atoms with Gasteiger partial charge in [0, 0.05) is 37.4 Å². The zero-order chi connectivity index (χ0) is 13.4. The first-order valence-electron chi connectivity index (χ1n) is 8.30. The highest BCUT2D eigenvalue weighted by Gasteiger charge is 2.30. The van der Waals surface area contributed by atoms with Gasteiger partial charge in [0.25, 0.3) is 0 Å². The van der Waals surface area contributed by atoms with Crippen LogP contribution in [-0.4, -0.2) is 24.1 Å². The fourth-order valence-corrected chi connectivity index (χ4v) is 2.87. The molecule has 0 bridgehead atoms. The molecule has 0 aromatic carbocycles. The monoisotopic (exact) mass is 271 g/mol. The number of anilines is 1. The van der Waals surface area contributed by atoms with Crippen LogP contribution in [0.5, 0.6) is 0 Å². The van der Waals surface area contributed by atoms with E-state index in [0.717, 1.165) is 24.4 Å². The molecule has 0 saturated heterocycles. The predicted octanol–water partition coefficient (Wildman–Crippen LogP) is 2.96. The Morgan fingerprint density at radius 2 is 1.75 bits per heavy atom. The van der Waals surface area contributed by atoms with Crippen molar-refractivity contribution in [1.82, 2.24) is 10.3 Å². The van der Waals surface area contributed by atoms with Gasteiger partial charge in [-0.05, 0) is 56.4 Å². The van der Waals surface area contributed by atoms with E-state index in [1.54, 1.807) is 0 Å². The molecule has 3 fully saturated rings. The lowest BCUT2D eigenvalue weighted by Crippen LogP contribution is -2.30. The third-order valence-electron chi connectivity index (χ3n) is 4.68. The number of hydrogen-bond acceptors (Lipinski definition) is 3. The van der Waals surface area contributed by atoms with Crippen LogP contribution >= 0.6 is 0 Å². The first-order valence-corrected chi connectivity index (χ1v) is 8.30. The van der Waals surface area contributed by atoms with Gasteiger partial charge in [-0.25, -0.2) is 4.98 Å². The summed E-state index contributed by atoms with van der Waals surface area (Å²) < 4.78 is 0. The van der Waals surface area contributed by atoms with Gasteiger partial charge < -0.3 is 10.2 Å². The van der Waals surface area contributed by atoms with Crippen molar-refractivity contribution < 1.29 is 0 Å². The van der Waals surface area contributed by atoms with Crippen LogP contribution in [0.1, 0.15) is 44.1 Å². The van der Waals surface area contributed by atoms with Crippen LogP contribution in [0.4, 0.5) is 5.82 Å². The van der Waals surface area contributed by atoms with Gasteiger partial charge in [0.15, 0.2) is 0 Å². The Morgan fingerprint density at radius 1 is 1.05 bits per heavy atom. The van der Waals surface area contributed by atoms with Crippen molar-refractivity contribution in [3.05, 3.63) is 23.9 Å². The molecule has 3 aliphatic carbocycles. The summed E-state index contributed by atoms with van der Waals surface area (Å²) >= 11 is 0. The average Bonchev–Trinajstić information content (AvgIpc) is 3.32. The Bertz CT molecular complexity index is 447. The number of nitrogens with zero attached hydrogens (tertiary/aromatic N) is 2. The van der Waals surface area contributed by atoms with Crippen LogP contribution in [-0.2, 0) is 6.54 Å². The lowest BCUT2D eigenvalue weighted by Gasteiger charge is -2.26. The van der Waals surface area contributed by atoms with E-state index >= 15 is 0 Å². The highest BCUT2D eigenvalue weighted by atomic mass is 15.2. The minimum atomic E-state index is 0.767. The highest BCUT2D eigenvalue weighted by Crippen LogP contribution is 2.36. The molecule has 1 N–H and O–H groups in total. The number of rotatable bonds is 8. The minimum Gasteiger partial charge on any atom is -0.356 e. The first kappa shape index (κ1) is 12.6. The van der Waals surface area contributed by atoms with Gasteiger partial charge in [-0.3, -0.25) is 0 Å². The summed E-state index contributed by atoms with van der Waals surface area (Å²) in [6, 6.07) is 5.10. The summed E-state index contributed by atoms with van der Waals surface area (Å²) in [6.45, 7) is 3.44. The Labute approximate surface area is 121 Å². The standard InChI is InChI=1S/C17H25N3/c1-2-15(10-19-16-7-8-16)17(18-9-1)20(11-13-3-4-13)12-14-5-6-14/h1-2,9,13-14,16,19H,3-8,10-12H2. The molecular formula is C17H25N3.